The normalized spacial score (nSPS) is 15.3. The summed E-state index contributed by atoms with van der Waals surface area (Å²) in [6.45, 7) is 2.93. The van der Waals surface area contributed by atoms with Crippen molar-refractivity contribution in [2.24, 2.45) is 0 Å². The average Bonchev–Trinajstić information content (AvgIpc) is 3.04. The number of methoxy groups -OCH3 is 1. The molecule has 0 unspecified atom stereocenters. The van der Waals surface area contributed by atoms with Gasteiger partial charge in [0.05, 0.1) is 12.0 Å². The molecule has 0 saturated carbocycles. The van der Waals surface area contributed by atoms with Crippen LogP contribution in [0.1, 0.15) is 18.1 Å². The molecule has 3 aromatic rings. The molecule has 0 spiro atoms. The van der Waals surface area contributed by atoms with Gasteiger partial charge in [0.15, 0.2) is 11.5 Å². The van der Waals surface area contributed by atoms with E-state index in [0.717, 1.165) is 11.1 Å². The van der Waals surface area contributed by atoms with Gasteiger partial charge in [0.25, 0.3) is 5.91 Å². The van der Waals surface area contributed by atoms with E-state index in [2.05, 4.69) is 30.3 Å². The molecular formula is C24H21NO3S2. The standard InChI is InChI=1S/C24H21NO3S2/c1-3-25-23(26)22(30-24(25)29)14-16-9-11-20(21(13-16)27-2)28-15-17-8-10-18-6-4-5-7-19(18)12-17/h4-14H,3,15H2,1-2H3/b22-14-. The monoisotopic (exact) mass is 435 g/mol. The van der Waals surface area contributed by atoms with Crippen LogP contribution in [0.3, 0.4) is 0 Å². The molecule has 0 aliphatic carbocycles. The highest BCUT2D eigenvalue weighted by atomic mass is 32.2. The molecule has 1 heterocycles. The second kappa shape index (κ2) is 8.90. The van der Waals surface area contributed by atoms with Gasteiger partial charge in [-0.15, -0.1) is 0 Å². The van der Waals surface area contributed by atoms with Gasteiger partial charge < -0.3 is 9.47 Å². The molecule has 4 nitrogen and oxygen atoms in total. The Bertz CT molecular complexity index is 1160. The summed E-state index contributed by atoms with van der Waals surface area (Å²) >= 11 is 6.60. The Hall–Kier alpha value is -2.83. The largest absolute Gasteiger partial charge is 0.493 e. The maximum absolute atomic E-state index is 12.4. The van der Waals surface area contributed by atoms with Crippen molar-refractivity contribution in [1.82, 2.24) is 4.90 Å². The van der Waals surface area contributed by atoms with Crippen molar-refractivity contribution in [3.8, 4) is 11.5 Å². The van der Waals surface area contributed by atoms with E-state index in [4.69, 9.17) is 21.7 Å². The zero-order chi connectivity index (χ0) is 21.1. The van der Waals surface area contributed by atoms with Crippen LogP contribution in [0.25, 0.3) is 16.8 Å². The van der Waals surface area contributed by atoms with Crippen molar-refractivity contribution in [2.75, 3.05) is 13.7 Å². The lowest BCUT2D eigenvalue weighted by atomic mass is 10.1. The fraction of sp³-hybridized carbons (Fsp3) is 0.167. The molecule has 152 valence electrons. The van der Waals surface area contributed by atoms with Gasteiger partial charge in [-0.25, -0.2) is 0 Å². The van der Waals surface area contributed by atoms with E-state index in [1.807, 2.05) is 43.3 Å². The lowest BCUT2D eigenvalue weighted by Gasteiger charge is -2.12. The number of ether oxygens (including phenoxy) is 2. The van der Waals surface area contributed by atoms with Gasteiger partial charge in [-0.05, 0) is 53.1 Å². The molecule has 0 radical (unpaired) electrons. The molecule has 1 amide bonds. The van der Waals surface area contributed by atoms with E-state index < -0.39 is 0 Å². The zero-order valence-electron chi connectivity index (χ0n) is 16.8. The molecule has 0 N–H and O–H groups in total. The Morgan fingerprint density at radius 2 is 1.83 bits per heavy atom. The van der Waals surface area contributed by atoms with Crippen molar-refractivity contribution in [3.63, 3.8) is 0 Å². The molecule has 0 atom stereocenters. The molecule has 0 bridgehead atoms. The molecule has 4 rings (SSSR count). The first-order valence-corrected chi connectivity index (χ1v) is 10.9. The summed E-state index contributed by atoms with van der Waals surface area (Å²) in [5, 5.41) is 2.39. The summed E-state index contributed by atoms with van der Waals surface area (Å²) in [6.07, 6.45) is 1.84. The van der Waals surface area contributed by atoms with Crippen LogP contribution in [0.15, 0.2) is 65.6 Å². The first kappa shape index (κ1) is 20.4. The molecule has 1 aliphatic heterocycles. The van der Waals surface area contributed by atoms with E-state index >= 15 is 0 Å². The number of rotatable bonds is 6. The predicted molar refractivity (Wildman–Crippen MR) is 127 cm³/mol. The Morgan fingerprint density at radius 3 is 2.57 bits per heavy atom. The maximum atomic E-state index is 12.4. The third-order valence-electron chi connectivity index (χ3n) is 4.88. The quantitative estimate of drug-likeness (QED) is 0.370. The second-order valence-corrected chi connectivity index (χ2v) is 8.48. The fourth-order valence-corrected chi connectivity index (χ4v) is 4.69. The number of hydrogen-bond acceptors (Lipinski definition) is 5. The van der Waals surface area contributed by atoms with Gasteiger partial charge in [0.2, 0.25) is 0 Å². The lowest BCUT2D eigenvalue weighted by molar-refractivity contribution is -0.121. The number of carbonyl (C=O) groups excluding carboxylic acids is 1. The number of carbonyl (C=O) groups is 1. The molecule has 1 fully saturated rings. The van der Waals surface area contributed by atoms with Crippen molar-refractivity contribution in [2.45, 2.75) is 13.5 Å². The van der Waals surface area contributed by atoms with Crippen LogP contribution in [0.5, 0.6) is 11.5 Å². The third-order valence-corrected chi connectivity index (χ3v) is 6.26. The molecule has 1 aliphatic rings. The summed E-state index contributed by atoms with van der Waals surface area (Å²) < 4.78 is 12.1. The van der Waals surface area contributed by atoms with Gasteiger partial charge in [-0.3, -0.25) is 9.69 Å². The van der Waals surface area contributed by atoms with Gasteiger partial charge in [-0.1, -0.05) is 66.4 Å². The highest BCUT2D eigenvalue weighted by Gasteiger charge is 2.30. The van der Waals surface area contributed by atoms with Crippen molar-refractivity contribution < 1.29 is 14.3 Å². The average molecular weight is 436 g/mol. The second-order valence-electron chi connectivity index (χ2n) is 6.81. The van der Waals surface area contributed by atoms with Gasteiger partial charge >= 0.3 is 0 Å². The Morgan fingerprint density at radius 1 is 1.03 bits per heavy atom. The molecular weight excluding hydrogens is 414 g/mol. The van der Waals surface area contributed by atoms with Crippen molar-refractivity contribution in [1.29, 1.82) is 0 Å². The molecule has 0 aromatic heterocycles. The SMILES string of the molecule is CCN1C(=O)/C(=C/c2ccc(OCc3ccc4ccccc4c3)c(OC)c2)SC1=S. The minimum absolute atomic E-state index is 0.0527. The summed E-state index contributed by atoms with van der Waals surface area (Å²) in [5.41, 5.74) is 1.95. The van der Waals surface area contributed by atoms with E-state index in [1.54, 1.807) is 12.0 Å². The Kier molecular flexibility index (Phi) is 6.06. The number of fused-ring (bicyclic) bond motifs is 1. The summed E-state index contributed by atoms with van der Waals surface area (Å²) in [6, 6.07) is 20.2. The molecule has 30 heavy (non-hydrogen) atoms. The number of hydrogen-bond donors (Lipinski definition) is 0. The van der Waals surface area contributed by atoms with Crippen molar-refractivity contribution >= 4 is 51.1 Å². The fourth-order valence-electron chi connectivity index (χ4n) is 3.31. The van der Waals surface area contributed by atoms with Gasteiger partial charge in [0, 0.05) is 6.54 Å². The lowest BCUT2D eigenvalue weighted by Crippen LogP contribution is -2.27. The minimum atomic E-state index is -0.0527. The van der Waals surface area contributed by atoms with Crippen molar-refractivity contribution in [3.05, 3.63) is 76.7 Å². The Balaban J connectivity index is 1.51. The maximum Gasteiger partial charge on any atom is 0.266 e. The predicted octanol–water partition coefficient (Wildman–Crippen LogP) is 5.65. The number of benzene rings is 3. The number of amides is 1. The van der Waals surface area contributed by atoms with Crippen LogP contribution >= 0.6 is 24.0 Å². The van der Waals surface area contributed by atoms with E-state index in [9.17, 15) is 4.79 Å². The van der Waals surface area contributed by atoms with Gasteiger partial charge in [0.1, 0.15) is 10.9 Å². The minimum Gasteiger partial charge on any atom is -0.493 e. The number of thioether (sulfide) groups is 1. The first-order valence-electron chi connectivity index (χ1n) is 9.63. The van der Waals surface area contributed by atoms with Crippen LogP contribution in [-0.2, 0) is 11.4 Å². The molecule has 3 aromatic carbocycles. The van der Waals surface area contributed by atoms with Crippen LogP contribution in [0, 0.1) is 0 Å². The van der Waals surface area contributed by atoms with Crippen LogP contribution in [-0.4, -0.2) is 28.8 Å². The zero-order valence-corrected chi connectivity index (χ0v) is 18.4. The summed E-state index contributed by atoms with van der Waals surface area (Å²) in [5.74, 6) is 1.22. The van der Waals surface area contributed by atoms with E-state index in [-0.39, 0.29) is 5.91 Å². The highest BCUT2D eigenvalue weighted by molar-refractivity contribution is 8.26. The molecule has 1 saturated heterocycles. The highest BCUT2D eigenvalue weighted by Crippen LogP contribution is 2.35. The Labute approximate surface area is 185 Å². The number of nitrogens with zero attached hydrogens (tertiary/aromatic N) is 1. The van der Waals surface area contributed by atoms with E-state index in [1.165, 1.54) is 22.5 Å². The topological polar surface area (TPSA) is 38.8 Å². The van der Waals surface area contributed by atoms with Crippen LogP contribution in [0.4, 0.5) is 0 Å². The summed E-state index contributed by atoms with van der Waals surface area (Å²) in [4.78, 5) is 14.6. The summed E-state index contributed by atoms with van der Waals surface area (Å²) in [7, 11) is 1.61. The number of thiocarbonyl (C=S) groups is 1. The third kappa shape index (κ3) is 4.20. The van der Waals surface area contributed by atoms with Crippen LogP contribution < -0.4 is 9.47 Å². The van der Waals surface area contributed by atoms with Crippen LogP contribution in [0.2, 0.25) is 0 Å². The first-order chi connectivity index (χ1) is 14.6. The number of likely N-dealkylation sites (N-methyl/N-ethyl adjacent to an activating group) is 1. The van der Waals surface area contributed by atoms with Gasteiger partial charge in [-0.2, -0.15) is 0 Å². The smallest absolute Gasteiger partial charge is 0.266 e. The van der Waals surface area contributed by atoms with E-state index in [0.29, 0.717) is 33.9 Å². The molecule has 6 heteroatoms.